The number of aromatic amines is 1. The predicted molar refractivity (Wildman–Crippen MR) is 108 cm³/mol. The van der Waals surface area contributed by atoms with Crippen molar-refractivity contribution in [3.63, 3.8) is 0 Å². The number of aromatic nitrogens is 2. The van der Waals surface area contributed by atoms with Crippen LogP contribution in [0.2, 0.25) is 0 Å². The first kappa shape index (κ1) is 18.1. The molecule has 28 heavy (non-hydrogen) atoms. The zero-order valence-electron chi connectivity index (χ0n) is 15.9. The first-order chi connectivity index (χ1) is 13.5. The van der Waals surface area contributed by atoms with Gasteiger partial charge in [0.15, 0.2) is 0 Å². The minimum Gasteiger partial charge on any atom is -0.494 e. The van der Waals surface area contributed by atoms with Crippen LogP contribution in [0.15, 0.2) is 41.8 Å². The van der Waals surface area contributed by atoms with Crippen LogP contribution in [-0.2, 0) is 0 Å². The van der Waals surface area contributed by atoms with Gasteiger partial charge in [-0.25, -0.2) is 0 Å². The summed E-state index contributed by atoms with van der Waals surface area (Å²) in [6.07, 6.45) is 0. The Balaban J connectivity index is 1.98. The van der Waals surface area contributed by atoms with E-state index in [9.17, 15) is 5.26 Å². The number of nitrogens with zero attached hydrogens (tertiary/aromatic N) is 2. The Hall–Kier alpha value is -3.24. The monoisotopic (exact) mass is 392 g/mol. The van der Waals surface area contributed by atoms with Crippen LogP contribution < -0.4 is 15.2 Å². The van der Waals surface area contributed by atoms with Crippen LogP contribution in [0, 0.1) is 25.2 Å². The van der Waals surface area contributed by atoms with Crippen molar-refractivity contribution in [2.45, 2.75) is 26.7 Å². The summed E-state index contributed by atoms with van der Waals surface area (Å²) >= 11 is 1.72. The van der Waals surface area contributed by atoms with Gasteiger partial charge in [-0.05, 0) is 32.9 Å². The zero-order valence-corrected chi connectivity index (χ0v) is 16.7. The molecule has 3 aromatic rings. The maximum atomic E-state index is 9.86. The second kappa shape index (κ2) is 7.06. The maximum absolute atomic E-state index is 9.86. The van der Waals surface area contributed by atoms with E-state index >= 15 is 0 Å². The number of allylic oxidation sites excluding steroid dienone is 1. The van der Waals surface area contributed by atoms with Crippen LogP contribution in [0.5, 0.6) is 11.6 Å². The van der Waals surface area contributed by atoms with Crippen LogP contribution in [0.4, 0.5) is 0 Å². The summed E-state index contributed by atoms with van der Waals surface area (Å²) in [5.41, 5.74) is 9.99. The van der Waals surface area contributed by atoms with Crippen molar-refractivity contribution in [3.8, 4) is 29.0 Å². The van der Waals surface area contributed by atoms with E-state index in [4.69, 9.17) is 15.2 Å². The van der Waals surface area contributed by atoms with Crippen LogP contribution in [0.1, 0.15) is 33.7 Å². The number of fused-ring (bicyclic) bond motifs is 1. The summed E-state index contributed by atoms with van der Waals surface area (Å²) in [5.74, 6) is 0.757. The average molecular weight is 392 g/mol. The molecule has 1 unspecified atom stereocenters. The van der Waals surface area contributed by atoms with E-state index in [1.165, 1.54) is 9.75 Å². The molecule has 0 spiro atoms. The Kier molecular flexibility index (Phi) is 4.57. The lowest BCUT2D eigenvalue weighted by atomic mass is 9.82. The van der Waals surface area contributed by atoms with Gasteiger partial charge in [0, 0.05) is 20.9 Å². The molecule has 2 aromatic heterocycles. The Bertz CT molecular complexity index is 1120. The van der Waals surface area contributed by atoms with E-state index in [0.717, 1.165) is 22.4 Å². The van der Waals surface area contributed by atoms with Gasteiger partial charge in [-0.15, -0.1) is 16.4 Å². The van der Waals surface area contributed by atoms with Gasteiger partial charge >= 0.3 is 0 Å². The van der Waals surface area contributed by atoms with Crippen molar-refractivity contribution < 1.29 is 9.47 Å². The summed E-state index contributed by atoms with van der Waals surface area (Å²) in [5, 5.41) is 17.3. The number of H-pyrrole nitrogens is 1. The molecule has 1 atom stereocenters. The normalized spacial score (nSPS) is 15.7. The summed E-state index contributed by atoms with van der Waals surface area (Å²) < 4.78 is 11.5. The quantitative estimate of drug-likeness (QED) is 0.687. The molecule has 142 valence electrons. The molecule has 0 fully saturated rings. The fraction of sp³-hybridized carbons (Fsp3) is 0.238. The van der Waals surface area contributed by atoms with E-state index in [1.54, 1.807) is 11.3 Å². The molecular formula is C21H20N4O2S. The number of nitrogens with one attached hydrogen (secondary N) is 1. The molecule has 3 N–H and O–H groups in total. The van der Waals surface area contributed by atoms with Gasteiger partial charge in [-0.2, -0.15) is 5.26 Å². The Morgan fingerprint density at radius 3 is 2.82 bits per heavy atom. The highest BCUT2D eigenvalue weighted by Crippen LogP contribution is 2.48. The number of para-hydroxylation sites is 1. The number of nitrogens with two attached hydrogens (primary N) is 1. The van der Waals surface area contributed by atoms with Gasteiger partial charge < -0.3 is 15.2 Å². The lowest BCUT2D eigenvalue weighted by molar-refractivity contribution is 0.334. The van der Waals surface area contributed by atoms with Crippen LogP contribution in [0.25, 0.3) is 11.3 Å². The van der Waals surface area contributed by atoms with Crippen molar-refractivity contribution in [3.05, 3.63) is 62.7 Å². The summed E-state index contributed by atoms with van der Waals surface area (Å²) in [6.45, 7) is 6.60. The molecule has 1 aromatic carbocycles. The largest absolute Gasteiger partial charge is 0.494 e. The predicted octanol–water partition coefficient (Wildman–Crippen LogP) is 4.37. The van der Waals surface area contributed by atoms with Crippen molar-refractivity contribution in [2.75, 3.05) is 6.61 Å². The molecule has 0 amide bonds. The molecule has 0 saturated heterocycles. The van der Waals surface area contributed by atoms with Crippen LogP contribution in [0.3, 0.4) is 0 Å². The van der Waals surface area contributed by atoms with Gasteiger partial charge in [0.2, 0.25) is 11.8 Å². The fourth-order valence-corrected chi connectivity index (χ4v) is 4.58. The van der Waals surface area contributed by atoms with E-state index in [0.29, 0.717) is 23.8 Å². The van der Waals surface area contributed by atoms with E-state index in [-0.39, 0.29) is 5.88 Å². The number of hydrogen-bond acceptors (Lipinski definition) is 6. The molecule has 4 rings (SSSR count). The molecule has 1 aliphatic rings. The topological polar surface area (TPSA) is 96.9 Å². The number of nitriles is 1. The van der Waals surface area contributed by atoms with Gasteiger partial charge in [0.1, 0.15) is 17.4 Å². The number of hydrogen-bond donors (Lipinski definition) is 2. The lowest BCUT2D eigenvalue weighted by Crippen LogP contribution is -2.21. The minimum absolute atomic E-state index is 0.0718. The highest BCUT2D eigenvalue weighted by molar-refractivity contribution is 7.12. The first-order valence-electron chi connectivity index (χ1n) is 9.00. The summed E-state index contributed by atoms with van der Waals surface area (Å²) in [7, 11) is 0. The lowest BCUT2D eigenvalue weighted by Gasteiger charge is -2.25. The van der Waals surface area contributed by atoms with Gasteiger partial charge in [0.25, 0.3) is 0 Å². The molecule has 1 aliphatic heterocycles. The van der Waals surface area contributed by atoms with E-state index in [1.807, 2.05) is 31.2 Å². The van der Waals surface area contributed by atoms with Gasteiger partial charge in [-0.1, -0.05) is 18.2 Å². The number of rotatable bonds is 4. The zero-order chi connectivity index (χ0) is 19.8. The second-order valence-electron chi connectivity index (χ2n) is 6.54. The van der Waals surface area contributed by atoms with Crippen LogP contribution >= 0.6 is 11.3 Å². The third kappa shape index (κ3) is 2.83. The minimum atomic E-state index is -0.426. The average Bonchev–Trinajstić information content (AvgIpc) is 3.23. The van der Waals surface area contributed by atoms with Crippen molar-refractivity contribution in [1.82, 2.24) is 10.2 Å². The van der Waals surface area contributed by atoms with Crippen LogP contribution in [-0.4, -0.2) is 16.8 Å². The molecule has 6 nitrogen and oxygen atoms in total. The standard InChI is InChI=1S/C21H20N4O2S/c1-4-26-16-8-6-5-7-13(16)17-15(10-22)20(23)27-21-18(17)19(24-25-21)14-9-11(2)28-12(14)3/h5-9,17H,4,23H2,1-3H3,(H,24,25). The van der Waals surface area contributed by atoms with Crippen molar-refractivity contribution in [2.24, 2.45) is 5.73 Å². The van der Waals surface area contributed by atoms with E-state index in [2.05, 4.69) is 36.2 Å². The Morgan fingerprint density at radius 1 is 1.36 bits per heavy atom. The third-order valence-corrected chi connectivity index (χ3v) is 5.74. The Labute approximate surface area is 167 Å². The van der Waals surface area contributed by atoms with Gasteiger partial charge in [0.05, 0.1) is 23.8 Å². The highest BCUT2D eigenvalue weighted by atomic mass is 32.1. The van der Waals surface area contributed by atoms with E-state index < -0.39 is 5.92 Å². The third-order valence-electron chi connectivity index (χ3n) is 4.78. The molecule has 0 aliphatic carbocycles. The van der Waals surface area contributed by atoms with Crippen molar-refractivity contribution in [1.29, 1.82) is 5.26 Å². The summed E-state index contributed by atoms with van der Waals surface area (Å²) in [6, 6.07) is 12.1. The first-order valence-corrected chi connectivity index (χ1v) is 9.81. The number of benzene rings is 1. The SMILES string of the molecule is CCOc1ccccc1C1C(C#N)=C(N)Oc2n[nH]c(-c3cc(C)sc3C)c21. The molecular weight excluding hydrogens is 372 g/mol. The Morgan fingerprint density at radius 2 is 2.14 bits per heavy atom. The number of thiophene rings is 1. The molecule has 0 bridgehead atoms. The highest BCUT2D eigenvalue weighted by Gasteiger charge is 2.37. The second-order valence-corrected chi connectivity index (χ2v) is 8.00. The fourth-order valence-electron chi connectivity index (χ4n) is 3.65. The number of ether oxygens (including phenoxy) is 2. The summed E-state index contributed by atoms with van der Waals surface area (Å²) in [4.78, 5) is 2.37. The smallest absolute Gasteiger partial charge is 0.244 e. The maximum Gasteiger partial charge on any atom is 0.244 e. The number of aryl methyl sites for hydroxylation is 2. The molecule has 0 radical (unpaired) electrons. The molecule has 3 heterocycles. The van der Waals surface area contributed by atoms with Crippen molar-refractivity contribution >= 4 is 11.3 Å². The molecule has 0 saturated carbocycles. The van der Waals surface area contributed by atoms with Gasteiger partial charge in [-0.3, -0.25) is 5.10 Å². The molecule has 7 heteroatoms.